The molecule has 0 aliphatic carbocycles. The maximum absolute atomic E-state index is 3.34. The Morgan fingerprint density at radius 3 is 1.20 bits per heavy atom. The molecule has 0 atom stereocenters. The van der Waals surface area contributed by atoms with Crippen molar-refractivity contribution in [2.24, 2.45) is 0 Å². The van der Waals surface area contributed by atoms with Gasteiger partial charge in [0.05, 0.1) is 0 Å². The minimum Gasteiger partial charge on any atom is -0.269 e. The average Bonchev–Trinajstić information content (AvgIpc) is 1.77. The van der Waals surface area contributed by atoms with Crippen LogP contribution >= 0.6 is 38.5 Å². The van der Waals surface area contributed by atoms with Crippen molar-refractivity contribution in [1.29, 1.82) is 0 Å². The van der Waals surface area contributed by atoms with E-state index in [1.54, 1.807) is 0 Å². The molecule has 0 aliphatic heterocycles. The van der Waals surface area contributed by atoms with Crippen molar-refractivity contribution in [3.8, 4) is 0 Å². The molecule has 0 bridgehead atoms. The van der Waals surface area contributed by atoms with Gasteiger partial charge in [-0.2, -0.15) is 0 Å². The average molecular weight is 478 g/mol. The van der Waals surface area contributed by atoms with E-state index < -0.39 is 0 Å². The first-order chi connectivity index (χ1) is 3.79. The summed E-state index contributed by atoms with van der Waals surface area (Å²) in [6.45, 7) is 0. The number of hydrogen-bond donors (Lipinski definition) is 0. The summed E-state index contributed by atoms with van der Waals surface area (Å²) in [6, 6.07) is 8.18. The molecule has 0 saturated carbocycles. The molecule has 95 valence electrons. The van der Waals surface area contributed by atoms with Gasteiger partial charge in [-0.3, -0.25) is 28.2 Å². The fourth-order valence-corrected chi connectivity index (χ4v) is 1.05. The predicted molar refractivity (Wildman–Crippen MR) is 67.6 cm³/mol. The van der Waals surface area contributed by atoms with Crippen LogP contribution in [0, 0.1) is 3.57 Å². The maximum Gasteiger partial charge on any atom is 0.0175 e. The molecule has 0 fully saturated rings. The van der Waals surface area contributed by atoms with Crippen LogP contribution in [0.4, 0.5) is 28.2 Å². The third-order valence-electron chi connectivity index (χ3n) is 0.804. The first kappa shape index (κ1) is 45.0. The second kappa shape index (κ2) is 24.0. The van der Waals surface area contributed by atoms with Crippen molar-refractivity contribution in [1.82, 2.24) is 0 Å². The van der Waals surface area contributed by atoms with Gasteiger partial charge in [-0.05, 0) is 46.9 Å². The first-order valence-corrected chi connectivity index (χ1v) is 4.07. The Bertz CT molecular complexity index is 166. The molecule has 1 aromatic rings. The quantitative estimate of drug-likeness (QED) is 0.304. The molecule has 0 aliphatic rings. The molecule has 9 heteroatoms. The second-order valence-electron chi connectivity index (χ2n) is 1.44. The van der Waals surface area contributed by atoms with Gasteiger partial charge in [0.2, 0.25) is 0 Å². The van der Waals surface area contributed by atoms with E-state index in [1.807, 2.05) is 12.1 Å². The molecule has 0 N–H and O–H groups in total. The first-order valence-electron chi connectivity index (χ1n) is 2.20. The minimum atomic E-state index is 0. The molecular weight excluding hydrogens is 468 g/mol. The van der Waals surface area contributed by atoms with Gasteiger partial charge < -0.3 is 0 Å². The Balaban J connectivity index is -0.0000000183. The van der Waals surface area contributed by atoms with Gasteiger partial charge in [-0.15, -0.1) is 0 Å². The number of benzene rings is 1. The van der Waals surface area contributed by atoms with Gasteiger partial charge in [0.1, 0.15) is 0 Å². The van der Waals surface area contributed by atoms with Gasteiger partial charge in [0.25, 0.3) is 0 Å². The summed E-state index contributed by atoms with van der Waals surface area (Å²) in [7, 11) is 0. The standard InChI is InChI=1S/C6H4BrI.As.6FH/c7-5-1-3-6(8)4-2-5;;;;;;;/h1-4H;;6*1H. The summed E-state index contributed by atoms with van der Waals surface area (Å²) in [4.78, 5) is 0. The van der Waals surface area contributed by atoms with Crippen molar-refractivity contribution >= 4 is 56.5 Å². The van der Waals surface area contributed by atoms with Crippen LogP contribution in [0.15, 0.2) is 28.7 Å². The van der Waals surface area contributed by atoms with Crippen molar-refractivity contribution < 1.29 is 28.2 Å². The van der Waals surface area contributed by atoms with E-state index >= 15 is 0 Å². The van der Waals surface area contributed by atoms with E-state index in [4.69, 9.17) is 0 Å². The van der Waals surface area contributed by atoms with Gasteiger partial charge in [0.15, 0.2) is 0 Å². The summed E-state index contributed by atoms with van der Waals surface area (Å²) in [5, 5.41) is 0. The zero-order valence-electron chi connectivity index (χ0n) is 6.96. The third kappa shape index (κ3) is 20.6. The Kier molecular flexibility index (Phi) is 72.0. The van der Waals surface area contributed by atoms with E-state index in [0.29, 0.717) is 0 Å². The monoisotopic (exact) mass is 477 g/mol. The SMILES string of the molecule is Brc1ccc(I)cc1.F.F.F.F.F.F.[As]. The molecule has 0 spiro atoms. The Labute approximate surface area is 116 Å². The zero-order valence-corrected chi connectivity index (χ0v) is 12.6. The van der Waals surface area contributed by atoms with Gasteiger partial charge in [-0.25, -0.2) is 0 Å². The molecule has 0 saturated heterocycles. The summed E-state index contributed by atoms with van der Waals surface area (Å²) in [6.07, 6.45) is 0. The Morgan fingerprint density at radius 1 is 0.733 bits per heavy atom. The molecule has 0 heterocycles. The van der Waals surface area contributed by atoms with Crippen LogP contribution in [-0.2, 0) is 0 Å². The van der Waals surface area contributed by atoms with E-state index in [-0.39, 0.29) is 46.2 Å². The molecule has 0 amide bonds. The molecule has 0 unspecified atom stereocenters. The smallest absolute Gasteiger partial charge is 0.0175 e. The zero-order chi connectivity index (χ0) is 5.98. The number of hydrogen-bond acceptors (Lipinski definition) is 0. The van der Waals surface area contributed by atoms with Crippen LogP contribution in [0.1, 0.15) is 0 Å². The third-order valence-corrected chi connectivity index (χ3v) is 2.05. The molecule has 1 aromatic carbocycles. The summed E-state index contributed by atoms with van der Waals surface area (Å²) in [5.74, 6) is 0. The fraction of sp³-hybridized carbons (Fsp3) is 0. The fourth-order valence-electron chi connectivity index (χ4n) is 0.430. The normalized spacial score (nSPS) is 4.93. The molecule has 15 heavy (non-hydrogen) atoms. The van der Waals surface area contributed by atoms with Gasteiger partial charge in [0, 0.05) is 26.0 Å². The van der Waals surface area contributed by atoms with Gasteiger partial charge in [-0.1, -0.05) is 15.9 Å². The van der Waals surface area contributed by atoms with Gasteiger partial charge >= 0.3 is 0 Å². The van der Waals surface area contributed by atoms with Crippen LogP contribution in [0.2, 0.25) is 0 Å². The van der Waals surface area contributed by atoms with Crippen LogP contribution in [0.25, 0.3) is 0 Å². The molecule has 0 aromatic heterocycles. The van der Waals surface area contributed by atoms with E-state index in [9.17, 15) is 0 Å². The van der Waals surface area contributed by atoms with Crippen LogP contribution < -0.4 is 0 Å². The summed E-state index contributed by atoms with van der Waals surface area (Å²) in [5.41, 5.74) is 0. The van der Waals surface area contributed by atoms with Crippen molar-refractivity contribution in [3.63, 3.8) is 0 Å². The minimum absolute atomic E-state index is 0. The molecule has 0 nitrogen and oxygen atoms in total. The predicted octanol–water partition coefficient (Wildman–Crippen LogP) is 3.59. The Morgan fingerprint density at radius 2 is 1.00 bits per heavy atom. The topological polar surface area (TPSA) is 0 Å². The second-order valence-corrected chi connectivity index (χ2v) is 3.60. The van der Waals surface area contributed by atoms with Crippen molar-refractivity contribution in [3.05, 3.63) is 32.3 Å². The number of rotatable bonds is 0. The Hall–Kier alpha value is 0.568. The van der Waals surface area contributed by atoms with Crippen molar-refractivity contribution in [2.45, 2.75) is 0 Å². The van der Waals surface area contributed by atoms with E-state index in [2.05, 4.69) is 50.7 Å². The maximum atomic E-state index is 3.34. The van der Waals surface area contributed by atoms with E-state index in [0.717, 1.165) is 4.47 Å². The molecular formula is C6H10AsBrF6I. The van der Waals surface area contributed by atoms with Crippen LogP contribution in [-0.4, -0.2) is 18.0 Å². The largest absolute Gasteiger partial charge is 0.269 e. The number of halogens is 8. The summed E-state index contributed by atoms with van der Waals surface area (Å²) >= 11 is 5.62. The van der Waals surface area contributed by atoms with E-state index in [1.165, 1.54) is 3.57 Å². The summed E-state index contributed by atoms with van der Waals surface area (Å²) < 4.78 is 2.41. The molecule has 3 radical (unpaired) electrons. The molecule has 1 rings (SSSR count). The van der Waals surface area contributed by atoms with Crippen LogP contribution in [0.5, 0.6) is 0 Å². The van der Waals surface area contributed by atoms with Crippen LogP contribution in [0.3, 0.4) is 0 Å². The van der Waals surface area contributed by atoms with Crippen molar-refractivity contribution in [2.75, 3.05) is 0 Å².